The van der Waals surface area contributed by atoms with Gasteiger partial charge in [0.2, 0.25) is 26.0 Å². The van der Waals surface area contributed by atoms with Crippen LogP contribution in [-0.4, -0.2) is 95.2 Å². The van der Waals surface area contributed by atoms with E-state index in [2.05, 4.69) is 4.98 Å². The second-order valence-electron chi connectivity index (χ2n) is 7.25. The average molecular weight is 499 g/mol. The molecule has 0 radical (unpaired) electrons. The number of aromatic nitrogens is 1. The van der Waals surface area contributed by atoms with Crippen molar-refractivity contribution in [3.05, 3.63) is 42.7 Å². The first-order valence-corrected chi connectivity index (χ1v) is 12.9. The summed E-state index contributed by atoms with van der Waals surface area (Å²) in [6.07, 6.45) is 2.67. The largest absolute Gasteiger partial charge is 0.497 e. The Morgan fingerprint density at radius 1 is 1.06 bits per heavy atom. The van der Waals surface area contributed by atoms with E-state index in [0.717, 1.165) is 4.31 Å². The van der Waals surface area contributed by atoms with Gasteiger partial charge in [0.05, 0.1) is 20.8 Å². The van der Waals surface area contributed by atoms with E-state index in [9.17, 15) is 21.6 Å². The Morgan fingerprint density at radius 2 is 1.76 bits per heavy atom. The molecule has 180 valence electrons. The first-order valence-electron chi connectivity index (χ1n) is 9.97. The van der Waals surface area contributed by atoms with Crippen LogP contribution in [0.1, 0.15) is 0 Å². The third-order valence-electron chi connectivity index (χ3n) is 5.28. The number of carbonyl (C=O) groups excluding carboxylic acids is 1. The normalized spacial score (nSPS) is 15.5. The van der Waals surface area contributed by atoms with E-state index in [4.69, 9.17) is 9.47 Å². The fourth-order valence-electron chi connectivity index (χ4n) is 3.36. The van der Waals surface area contributed by atoms with Gasteiger partial charge < -0.3 is 14.4 Å². The van der Waals surface area contributed by atoms with Gasteiger partial charge >= 0.3 is 0 Å². The van der Waals surface area contributed by atoms with Crippen LogP contribution in [0.4, 0.5) is 0 Å². The van der Waals surface area contributed by atoms with Gasteiger partial charge in [-0.2, -0.15) is 8.61 Å². The summed E-state index contributed by atoms with van der Waals surface area (Å²) < 4.78 is 64.1. The zero-order valence-electron chi connectivity index (χ0n) is 18.5. The molecule has 0 spiro atoms. The number of methoxy groups -OCH3 is 2. The third-order valence-corrected chi connectivity index (χ3v) is 8.99. The number of carbonyl (C=O) groups is 1. The number of hydrogen-bond donors (Lipinski definition) is 0. The zero-order valence-corrected chi connectivity index (χ0v) is 20.2. The maximum absolute atomic E-state index is 13.2. The van der Waals surface area contributed by atoms with Crippen molar-refractivity contribution >= 4 is 26.0 Å². The molecule has 2 heterocycles. The summed E-state index contributed by atoms with van der Waals surface area (Å²) in [5.74, 6) is 0.151. The Balaban J connectivity index is 1.66. The average Bonchev–Trinajstić information content (AvgIpc) is 2.84. The van der Waals surface area contributed by atoms with E-state index >= 15 is 0 Å². The molecule has 0 bridgehead atoms. The first kappa shape index (κ1) is 24.9. The summed E-state index contributed by atoms with van der Waals surface area (Å²) in [6, 6.07) is 7.41. The summed E-state index contributed by atoms with van der Waals surface area (Å²) in [7, 11) is -3.62. The van der Waals surface area contributed by atoms with E-state index in [0.29, 0.717) is 5.75 Å². The maximum Gasteiger partial charge on any atom is 0.247 e. The number of sulfonamides is 2. The van der Waals surface area contributed by atoms with Gasteiger partial charge in [-0.3, -0.25) is 9.78 Å². The molecule has 0 aliphatic carbocycles. The van der Waals surface area contributed by atoms with Crippen LogP contribution in [0.3, 0.4) is 0 Å². The fourth-order valence-corrected chi connectivity index (χ4v) is 6.04. The van der Waals surface area contributed by atoms with E-state index < -0.39 is 26.0 Å². The van der Waals surface area contributed by atoms with Crippen molar-refractivity contribution in [1.29, 1.82) is 0 Å². The summed E-state index contributed by atoms with van der Waals surface area (Å²) in [5, 5.41) is 0. The van der Waals surface area contributed by atoms with E-state index in [1.807, 2.05) is 0 Å². The number of piperazine rings is 1. The summed E-state index contributed by atoms with van der Waals surface area (Å²) in [5.41, 5.74) is 0. The Bertz CT molecular complexity index is 1200. The number of pyridine rings is 1. The van der Waals surface area contributed by atoms with Gasteiger partial charge in [-0.1, -0.05) is 0 Å². The van der Waals surface area contributed by atoms with E-state index in [-0.39, 0.29) is 48.3 Å². The lowest BCUT2D eigenvalue weighted by atomic mass is 10.3. The van der Waals surface area contributed by atoms with Crippen molar-refractivity contribution in [3.8, 4) is 11.5 Å². The highest BCUT2D eigenvalue weighted by Gasteiger charge is 2.33. The molecular formula is C20H26N4O7S2. The molecule has 2 aromatic rings. The monoisotopic (exact) mass is 498 g/mol. The molecule has 3 rings (SSSR count). The predicted octanol–water partition coefficient (Wildman–Crippen LogP) is 0.252. The Hall–Kier alpha value is -2.74. The molecule has 0 atom stereocenters. The molecular weight excluding hydrogens is 472 g/mol. The molecule has 1 amide bonds. The Morgan fingerprint density at radius 3 is 2.33 bits per heavy atom. The molecule has 1 fully saturated rings. The van der Waals surface area contributed by atoms with Crippen LogP contribution in [0.25, 0.3) is 0 Å². The lowest BCUT2D eigenvalue weighted by Gasteiger charge is -2.34. The first-order chi connectivity index (χ1) is 15.6. The van der Waals surface area contributed by atoms with Crippen molar-refractivity contribution in [2.75, 3.05) is 54.0 Å². The quantitative estimate of drug-likeness (QED) is 0.507. The van der Waals surface area contributed by atoms with Crippen LogP contribution in [0, 0.1) is 0 Å². The zero-order chi connectivity index (χ0) is 24.2. The molecule has 33 heavy (non-hydrogen) atoms. The second kappa shape index (κ2) is 10.0. The maximum atomic E-state index is 13.2. The van der Waals surface area contributed by atoms with Gasteiger partial charge in [-0.15, -0.1) is 0 Å². The molecule has 1 aliphatic rings. The van der Waals surface area contributed by atoms with Crippen LogP contribution in [0.2, 0.25) is 0 Å². The molecule has 1 aliphatic heterocycles. The van der Waals surface area contributed by atoms with Crippen LogP contribution in [-0.2, 0) is 24.8 Å². The number of hydrogen-bond acceptors (Lipinski definition) is 8. The molecule has 1 saturated heterocycles. The van der Waals surface area contributed by atoms with Crippen molar-refractivity contribution < 1.29 is 31.1 Å². The highest BCUT2D eigenvalue weighted by atomic mass is 32.2. The molecule has 11 nitrogen and oxygen atoms in total. The van der Waals surface area contributed by atoms with Gasteiger partial charge in [-0.05, 0) is 24.3 Å². The number of ether oxygens (including phenoxy) is 2. The SMILES string of the molecule is COc1ccc(OC)c(S(=O)(=O)N2CCN(C(=O)CN(C)S(=O)(=O)c3cccnc3)CC2)c1. The lowest BCUT2D eigenvalue weighted by molar-refractivity contribution is -0.132. The summed E-state index contributed by atoms with van der Waals surface area (Å²) >= 11 is 0. The Labute approximate surface area is 193 Å². The molecule has 0 unspecified atom stereocenters. The van der Waals surface area contributed by atoms with E-state index in [1.165, 1.54) is 67.1 Å². The smallest absolute Gasteiger partial charge is 0.247 e. The second-order valence-corrected chi connectivity index (χ2v) is 11.2. The molecule has 13 heteroatoms. The van der Waals surface area contributed by atoms with Gasteiger partial charge in [0.15, 0.2) is 0 Å². The van der Waals surface area contributed by atoms with Gasteiger partial charge in [0, 0.05) is 51.7 Å². The predicted molar refractivity (Wildman–Crippen MR) is 119 cm³/mol. The van der Waals surface area contributed by atoms with Crippen molar-refractivity contribution in [3.63, 3.8) is 0 Å². The number of likely N-dealkylation sites (N-methyl/N-ethyl adjacent to an activating group) is 1. The van der Waals surface area contributed by atoms with Crippen LogP contribution >= 0.6 is 0 Å². The minimum atomic E-state index is -3.89. The van der Waals surface area contributed by atoms with Gasteiger partial charge in [0.1, 0.15) is 21.3 Å². The van der Waals surface area contributed by atoms with Crippen molar-refractivity contribution in [1.82, 2.24) is 18.5 Å². The standard InChI is InChI=1S/C20H26N4O7S2/c1-22(32(26,27)17-5-4-8-21-14-17)15-20(25)23-9-11-24(12-10-23)33(28,29)19-13-16(30-2)6-7-18(19)31-3/h4-8,13-14H,9-12,15H2,1-3H3. The van der Waals surface area contributed by atoms with Gasteiger partial charge in [-0.25, -0.2) is 16.8 Å². The van der Waals surface area contributed by atoms with Crippen molar-refractivity contribution in [2.45, 2.75) is 9.79 Å². The van der Waals surface area contributed by atoms with Crippen molar-refractivity contribution in [2.24, 2.45) is 0 Å². The van der Waals surface area contributed by atoms with Crippen LogP contribution < -0.4 is 9.47 Å². The number of rotatable bonds is 8. The number of benzene rings is 1. The fraction of sp³-hybridized carbons (Fsp3) is 0.400. The minimum Gasteiger partial charge on any atom is -0.497 e. The molecule has 1 aromatic carbocycles. The third kappa shape index (κ3) is 5.27. The highest BCUT2D eigenvalue weighted by molar-refractivity contribution is 7.89. The Kier molecular flexibility index (Phi) is 7.57. The summed E-state index contributed by atoms with van der Waals surface area (Å²) in [6.45, 7) is 0.0188. The molecule has 0 saturated carbocycles. The topological polar surface area (TPSA) is 126 Å². The molecule has 1 aromatic heterocycles. The van der Waals surface area contributed by atoms with Gasteiger partial charge in [0.25, 0.3) is 0 Å². The van der Waals surface area contributed by atoms with Crippen LogP contribution in [0.5, 0.6) is 11.5 Å². The van der Waals surface area contributed by atoms with E-state index in [1.54, 1.807) is 6.07 Å². The molecule has 0 N–H and O–H groups in total. The van der Waals surface area contributed by atoms with Crippen LogP contribution in [0.15, 0.2) is 52.5 Å². The lowest BCUT2D eigenvalue weighted by Crippen LogP contribution is -2.52. The minimum absolute atomic E-state index is 0.0107. The summed E-state index contributed by atoms with van der Waals surface area (Å²) in [4.78, 5) is 17.9. The number of amides is 1. The number of nitrogens with zero attached hydrogens (tertiary/aromatic N) is 4. The highest BCUT2D eigenvalue weighted by Crippen LogP contribution is 2.31.